The SMILES string of the molecule is COc1cc([C@H]2CCC[NH2+]2)cc(OC)c1OC. The van der Waals surface area contributed by atoms with Crippen molar-refractivity contribution in [1.29, 1.82) is 0 Å². The summed E-state index contributed by atoms with van der Waals surface area (Å²) >= 11 is 0. The number of benzene rings is 1. The van der Waals surface area contributed by atoms with Crippen molar-refractivity contribution in [1.82, 2.24) is 0 Å². The molecular formula is C13H20NO3+. The number of rotatable bonds is 4. The molecule has 4 heteroatoms. The normalized spacial score (nSPS) is 19.1. The first-order valence-corrected chi connectivity index (χ1v) is 5.93. The van der Waals surface area contributed by atoms with Crippen molar-refractivity contribution >= 4 is 0 Å². The van der Waals surface area contributed by atoms with E-state index in [2.05, 4.69) is 5.32 Å². The summed E-state index contributed by atoms with van der Waals surface area (Å²) in [4.78, 5) is 0. The fourth-order valence-corrected chi connectivity index (χ4v) is 2.39. The number of methoxy groups -OCH3 is 3. The minimum absolute atomic E-state index is 0.517. The smallest absolute Gasteiger partial charge is 0.203 e. The van der Waals surface area contributed by atoms with E-state index >= 15 is 0 Å². The van der Waals surface area contributed by atoms with Crippen LogP contribution in [0.25, 0.3) is 0 Å². The maximum atomic E-state index is 5.36. The lowest BCUT2D eigenvalue weighted by Crippen LogP contribution is -2.81. The predicted octanol–water partition coefficient (Wildman–Crippen LogP) is 1.11. The first-order valence-electron chi connectivity index (χ1n) is 5.93. The molecule has 0 unspecified atom stereocenters. The second-order valence-corrected chi connectivity index (χ2v) is 4.23. The Bertz CT molecular complexity index is 361. The molecule has 2 N–H and O–H groups in total. The molecular weight excluding hydrogens is 218 g/mol. The molecule has 1 fully saturated rings. The van der Waals surface area contributed by atoms with Gasteiger partial charge < -0.3 is 19.5 Å². The van der Waals surface area contributed by atoms with Crippen LogP contribution < -0.4 is 19.5 Å². The van der Waals surface area contributed by atoms with Crippen molar-refractivity contribution < 1.29 is 19.5 Å². The molecule has 94 valence electrons. The third kappa shape index (κ3) is 2.31. The fourth-order valence-electron chi connectivity index (χ4n) is 2.39. The van der Waals surface area contributed by atoms with Gasteiger partial charge in [-0.25, -0.2) is 0 Å². The zero-order valence-electron chi connectivity index (χ0n) is 10.7. The second kappa shape index (κ2) is 5.27. The Morgan fingerprint density at radius 3 is 2.12 bits per heavy atom. The Kier molecular flexibility index (Phi) is 3.74. The van der Waals surface area contributed by atoms with E-state index in [4.69, 9.17) is 14.2 Å². The van der Waals surface area contributed by atoms with Gasteiger partial charge in [0.05, 0.1) is 27.9 Å². The molecule has 1 heterocycles. The van der Waals surface area contributed by atoms with E-state index in [1.807, 2.05) is 12.1 Å². The zero-order chi connectivity index (χ0) is 12.3. The second-order valence-electron chi connectivity index (χ2n) is 4.23. The number of nitrogens with two attached hydrogens (primary N) is 1. The van der Waals surface area contributed by atoms with Crippen molar-refractivity contribution in [2.24, 2.45) is 0 Å². The van der Waals surface area contributed by atoms with Crippen LogP contribution >= 0.6 is 0 Å². The molecule has 1 aliphatic heterocycles. The lowest BCUT2D eigenvalue weighted by atomic mass is 10.0. The fraction of sp³-hybridized carbons (Fsp3) is 0.538. The van der Waals surface area contributed by atoms with Gasteiger partial charge in [0.15, 0.2) is 11.5 Å². The van der Waals surface area contributed by atoms with E-state index < -0.39 is 0 Å². The Balaban J connectivity index is 2.40. The van der Waals surface area contributed by atoms with Crippen molar-refractivity contribution in [3.05, 3.63) is 17.7 Å². The van der Waals surface area contributed by atoms with Gasteiger partial charge in [-0.05, 0) is 12.1 Å². The molecule has 4 nitrogen and oxygen atoms in total. The van der Waals surface area contributed by atoms with Crippen molar-refractivity contribution in [2.75, 3.05) is 27.9 Å². The van der Waals surface area contributed by atoms with Crippen LogP contribution in [-0.2, 0) is 0 Å². The number of ether oxygens (including phenoxy) is 3. The van der Waals surface area contributed by atoms with E-state index in [1.54, 1.807) is 21.3 Å². The Hall–Kier alpha value is -1.42. The van der Waals surface area contributed by atoms with Gasteiger partial charge >= 0.3 is 0 Å². The van der Waals surface area contributed by atoms with Crippen LogP contribution in [0, 0.1) is 0 Å². The molecule has 0 radical (unpaired) electrons. The lowest BCUT2D eigenvalue weighted by Gasteiger charge is -2.15. The Morgan fingerprint density at radius 1 is 1.06 bits per heavy atom. The van der Waals surface area contributed by atoms with Crippen molar-refractivity contribution in [2.45, 2.75) is 18.9 Å². The molecule has 0 aromatic heterocycles. The molecule has 1 aromatic carbocycles. The summed E-state index contributed by atoms with van der Waals surface area (Å²) in [6.07, 6.45) is 2.47. The average molecular weight is 238 g/mol. The summed E-state index contributed by atoms with van der Waals surface area (Å²) in [5.41, 5.74) is 1.25. The van der Waals surface area contributed by atoms with Gasteiger partial charge in [-0.3, -0.25) is 0 Å². The Labute approximate surface area is 102 Å². The molecule has 0 aliphatic carbocycles. The van der Waals surface area contributed by atoms with Crippen LogP contribution in [0.2, 0.25) is 0 Å². The highest BCUT2D eigenvalue weighted by atomic mass is 16.5. The molecule has 1 saturated heterocycles. The number of quaternary nitrogens is 1. The van der Waals surface area contributed by atoms with E-state index in [0.717, 1.165) is 11.5 Å². The van der Waals surface area contributed by atoms with Crippen LogP contribution in [0.5, 0.6) is 17.2 Å². The molecule has 1 atom stereocenters. The third-order valence-electron chi connectivity index (χ3n) is 3.29. The van der Waals surface area contributed by atoms with Gasteiger partial charge in [0.2, 0.25) is 5.75 Å². The van der Waals surface area contributed by atoms with Crippen LogP contribution in [0.1, 0.15) is 24.4 Å². The summed E-state index contributed by atoms with van der Waals surface area (Å²) in [6, 6.07) is 4.62. The molecule has 0 bridgehead atoms. The van der Waals surface area contributed by atoms with Crippen molar-refractivity contribution in [3.63, 3.8) is 0 Å². The maximum Gasteiger partial charge on any atom is 0.203 e. The molecule has 17 heavy (non-hydrogen) atoms. The van der Waals surface area contributed by atoms with E-state index in [0.29, 0.717) is 11.8 Å². The van der Waals surface area contributed by atoms with Crippen LogP contribution in [-0.4, -0.2) is 27.9 Å². The third-order valence-corrected chi connectivity index (χ3v) is 3.29. The lowest BCUT2D eigenvalue weighted by molar-refractivity contribution is -0.676. The molecule has 0 amide bonds. The minimum atomic E-state index is 0.517. The number of hydrogen-bond acceptors (Lipinski definition) is 3. The van der Waals surface area contributed by atoms with Crippen molar-refractivity contribution in [3.8, 4) is 17.2 Å². The monoisotopic (exact) mass is 238 g/mol. The van der Waals surface area contributed by atoms with Crippen LogP contribution in [0.15, 0.2) is 12.1 Å². The maximum absolute atomic E-state index is 5.36. The first kappa shape index (κ1) is 12.0. The van der Waals surface area contributed by atoms with E-state index in [9.17, 15) is 0 Å². The van der Waals surface area contributed by atoms with Gasteiger partial charge in [-0.15, -0.1) is 0 Å². The highest BCUT2D eigenvalue weighted by Gasteiger charge is 2.24. The molecule has 1 aromatic rings. The van der Waals surface area contributed by atoms with Gasteiger partial charge in [0.25, 0.3) is 0 Å². The molecule has 0 spiro atoms. The molecule has 0 saturated carbocycles. The largest absolute Gasteiger partial charge is 0.493 e. The minimum Gasteiger partial charge on any atom is -0.493 e. The molecule has 2 rings (SSSR count). The highest BCUT2D eigenvalue weighted by Crippen LogP contribution is 2.39. The quantitative estimate of drug-likeness (QED) is 0.854. The summed E-state index contributed by atoms with van der Waals surface area (Å²) in [5.74, 6) is 2.14. The zero-order valence-corrected chi connectivity index (χ0v) is 10.7. The van der Waals surface area contributed by atoms with E-state index in [-0.39, 0.29) is 0 Å². The predicted molar refractivity (Wildman–Crippen MR) is 64.9 cm³/mol. The van der Waals surface area contributed by atoms with Gasteiger partial charge in [-0.1, -0.05) is 0 Å². The standard InChI is InChI=1S/C13H19NO3/c1-15-11-7-9(10-5-4-6-14-10)8-12(16-2)13(11)17-3/h7-8,10,14H,4-6H2,1-3H3/p+1/t10-/m1/s1. The topological polar surface area (TPSA) is 44.3 Å². The summed E-state index contributed by atoms with van der Waals surface area (Å²) in [6.45, 7) is 1.20. The number of hydrogen-bond donors (Lipinski definition) is 1. The van der Waals surface area contributed by atoms with Gasteiger partial charge in [0, 0.05) is 18.4 Å². The summed E-state index contributed by atoms with van der Waals surface area (Å²) in [7, 11) is 4.93. The first-order chi connectivity index (χ1) is 8.30. The van der Waals surface area contributed by atoms with Crippen LogP contribution in [0.3, 0.4) is 0 Å². The van der Waals surface area contributed by atoms with Gasteiger partial charge in [-0.2, -0.15) is 0 Å². The Morgan fingerprint density at radius 2 is 1.71 bits per heavy atom. The van der Waals surface area contributed by atoms with Crippen LogP contribution in [0.4, 0.5) is 0 Å². The van der Waals surface area contributed by atoms with Gasteiger partial charge in [0.1, 0.15) is 6.04 Å². The summed E-state index contributed by atoms with van der Waals surface area (Å²) in [5, 5.41) is 2.36. The summed E-state index contributed by atoms with van der Waals surface area (Å²) < 4.78 is 16.0. The average Bonchev–Trinajstić information content (AvgIpc) is 2.90. The molecule has 1 aliphatic rings. The highest BCUT2D eigenvalue weighted by molar-refractivity contribution is 5.54. The van der Waals surface area contributed by atoms with E-state index in [1.165, 1.54) is 24.9 Å².